The number of hydrogen-bond donors (Lipinski definition) is 1. The molecule has 0 atom stereocenters. The van der Waals surface area contributed by atoms with Crippen LogP contribution in [0.15, 0.2) is 30.6 Å². The molecular weight excluding hydrogens is 290 g/mol. The van der Waals surface area contributed by atoms with Crippen LogP contribution < -0.4 is 0 Å². The molecule has 0 aliphatic rings. The highest BCUT2D eigenvalue weighted by Gasteiger charge is 2.10. The van der Waals surface area contributed by atoms with Crippen LogP contribution in [0.5, 0.6) is 0 Å². The van der Waals surface area contributed by atoms with Gasteiger partial charge >= 0.3 is 0 Å². The van der Waals surface area contributed by atoms with Crippen LogP contribution in [0.1, 0.15) is 17.2 Å². The highest BCUT2D eigenvalue weighted by molar-refractivity contribution is 5.78. The van der Waals surface area contributed by atoms with Crippen molar-refractivity contribution in [2.75, 3.05) is 20.8 Å². The van der Waals surface area contributed by atoms with Crippen molar-refractivity contribution in [3.63, 3.8) is 0 Å². The highest BCUT2D eigenvalue weighted by atomic mass is 16.5. The molecule has 0 aliphatic carbocycles. The van der Waals surface area contributed by atoms with Crippen molar-refractivity contribution in [2.24, 2.45) is 0 Å². The number of nitrogens with one attached hydrogen (secondary N) is 1. The molecule has 2 aromatic heterocycles. The van der Waals surface area contributed by atoms with E-state index in [1.54, 1.807) is 7.11 Å². The first-order valence-electron chi connectivity index (χ1n) is 7.79. The number of nitrogens with zero attached hydrogens (tertiary/aromatic N) is 4. The highest BCUT2D eigenvalue weighted by Crippen LogP contribution is 2.16. The lowest BCUT2D eigenvalue weighted by Gasteiger charge is -2.16. The maximum absolute atomic E-state index is 5.14. The molecule has 0 radical (unpaired) electrons. The summed E-state index contributed by atoms with van der Waals surface area (Å²) >= 11 is 0. The first kappa shape index (κ1) is 15.7. The number of aryl methyl sites for hydroxylation is 1. The van der Waals surface area contributed by atoms with Crippen molar-refractivity contribution in [3.05, 3.63) is 47.8 Å². The Hall–Kier alpha value is -2.18. The third-order valence-corrected chi connectivity index (χ3v) is 3.93. The summed E-state index contributed by atoms with van der Waals surface area (Å²) in [4.78, 5) is 14.8. The van der Waals surface area contributed by atoms with Crippen LogP contribution in [-0.4, -0.2) is 45.2 Å². The zero-order valence-corrected chi connectivity index (χ0v) is 13.9. The summed E-state index contributed by atoms with van der Waals surface area (Å²) in [5, 5.41) is 0. The summed E-state index contributed by atoms with van der Waals surface area (Å²) in [6.45, 7) is 5.13. The fraction of sp³-hybridized carbons (Fsp3) is 0.412. The van der Waals surface area contributed by atoms with Crippen molar-refractivity contribution in [1.29, 1.82) is 0 Å². The van der Waals surface area contributed by atoms with E-state index in [0.29, 0.717) is 6.61 Å². The van der Waals surface area contributed by atoms with Crippen LogP contribution in [0.3, 0.4) is 0 Å². The van der Waals surface area contributed by atoms with Crippen LogP contribution in [0.4, 0.5) is 0 Å². The molecule has 0 saturated carbocycles. The second-order valence-corrected chi connectivity index (χ2v) is 5.86. The standard InChI is InChI=1S/C17H23N5O/c1-13-5-4-6-14-17(13)20-15(19-14)11-21(2)12-16-18-7-8-22(16)9-10-23-3/h4-8H,9-12H2,1-3H3,(H,19,20). The Bertz CT molecular complexity index is 776. The van der Waals surface area contributed by atoms with Gasteiger partial charge in [0.15, 0.2) is 0 Å². The monoisotopic (exact) mass is 313 g/mol. The minimum Gasteiger partial charge on any atom is -0.383 e. The van der Waals surface area contributed by atoms with E-state index in [2.05, 4.69) is 51.6 Å². The van der Waals surface area contributed by atoms with Crippen molar-refractivity contribution in [2.45, 2.75) is 26.6 Å². The van der Waals surface area contributed by atoms with Crippen LogP contribution in [0.25, 0.3) is 11.0 Å². The van der Waals surface area contributed by atoms with Gasteiger partial charge in [-0.1, -0.05) is 12.1 Å². The van der Waals surface area contributed by atoms with Gasteiger partial charge in [0.05, 0.1) is 30.7 Å². The number of H-pyrrole nitrogens is 1. The summed E-state index contributed by atoms with van der Waals surface area (Å²) in [6, 6.07) is 6.20. The molecule has 0 fully saturated rings. The Morgan fingerprint density at radius 1 is 1.30 bits per heavy atom. The van der Waals surface area contributed by atoms with E-state index in [9.17, 15) is 0 Å². The van der Waals surface area contributed by atoms with Gasteiger partial charge in [-0.3, -0.25) is 4.90 Å². The fourth-order valence-corrected chi connectivity index (χ4v) is 2.74. The average Bonchev–Trinajstić information content (AvgIpc) is 3.12. The van der Waals surface area contributed by atoms with Gasteiger partial charge in [-0.2, -0.15) is 0 Å². The van der Waals surface area contributed by atoms with Gasteiger partial charge in [0.2, 0.25) is 0 Å². The molecule has 1 aromatic carbocycles. The molecule has 6 heteroatoms. The van der Waals surface area contributed by atoms with Gasteiger partial charge in [0.25, 0.3) is 0 Å². The largest absolute Gasteiger partial charge is 0.383 e. The fourth-order valence-electron chi connectivity index (χ4n) is 2.74. The SMILES string of the molecule is COCCn1ccnc1CN(C)Cc1nc2c(C)cccc2[nH]1. The van der Waals surface area contributed by atoms with Crippen LogP contribution in [0, 0.1) is 6.92 Å². The zero-order chi connectivity index (χ0) is 16.2. The summed E-state index contributed by atoms with van der Waals surface area (Å²) < 4.78 is 7.27. The lowest BCUT2D eigenvalue weighted by Crippen LogP contribution is -2.21. The normalized spacial score (nSPS) is 11.7. The predicted molar refractivity (Wildman–Crippen MR) is 90.1 cm³/mol. The minimum atomic E-state index is 0.690. The number of hydrogen-bond acceptors (Lipinski definition) is 4. The minimum absolute atomic E-state index is 0.690. The molecule has 3 aromatic rings. The van der Waals surface area contributed by atoms with Crippen LogP contribution in [0.2, 0.25) is 0 Å². The average molecular weight is 313 g/mol. The van der Waals surface area contributed by atoms with E-state index in [0.717, 1.165) is 42.3 Å². The number of benzene rings is 1. The Balaban J connectivity index is 1.67. The quantitative estimate of drug-likeness (QED) is 0.727. The van der Waals surface area contributed by atoms with E-state index in [1.165, 1.54) is 5.56 Å². The molecule has 0 unspecified atom stereocenters. The first-order chi connectivity index (χ1) is 11.2. The van der Waals surface area contributed by atoms with E-state index in [1.807, 2.05) is 12.4 Å². The zero-order valence-electron chi connectivity index (χ0n) is 13.9. The third-order valence-electron chi connectivity index (χ3n) is 3.93. The second kappa shape index (κ2) is 6.93. The van der Waals surface area contributed by atoms with Crippen molar-refractivity contribution < 1.29 is 4.74 Å². The molecule has 2 heterocycles. The van der Waals surface area contributed by atoms with Crippen molar-refractivity contribution >= 4 is 11.0 Å². The molecule has 122 valence electrons. The first-order valence-corrected chi connectivity index (χ1v) is 7.79. The summed E-state index contributed by atoms with van der Waals surface area (Å²) in [6.07, 6.45) is 3.83. The smallest absolute Gasteiger partial charge is 0.122 e. The van der Waals surface area contributed by atoms with Gasteiger partial charge < -0.3 is 14.3 Å². The van der Waals surface area contributed by atoms with Gasteiger partial charge in [-0.15, -0.1) is 0 Å². The maximum atomic E-state index is 5.14. The van der Waals surface area contributed by atoms with E-state index in [4.69, 9.17) is 9.72 Å². The molecule has 0 saturated heterocycles. The second-order valence-electron chi connectivity index (χ2n) is 5.86. The van der Waals surface area contributed by atoms with E-state index >= 15 is 0 Å². The molecule has 1 N–H and O–H groups in total. The van der Waals surface area contributed by atoms with Crippen LogP contribution in [-0.2, 0) is 24.4 Å². The number of fused-ring (bicyclic) bond motifs is 1. The topological polar surface area (TPSA) is 59.0 Å². The Morgan fingerprint density at radius 2 is 2.17 bits per heavy atom. The number of aromatic amines is 1. The van der Waals surface area contributed by atoms with Crippen molar-refractivity contribution in [3.8, 4) is 0 Å². The van der Waals surface area contributed by atoms with Crippen molar-refractivity contribution in [1.82, 2.24) is 24.4 Å². The molecule has 23 heavy (non-hydrogen) atoms. The number of para-hydroxylation sites is 1. The number of imidazole rings is 2. The summed E-state index contributed by atoms with van der Waals surface area (Å²) in [7, 11) is 3.79. The van der Waals surface area contributed by atoms with Gasteiger partial charge in [-0.05, 0) is 25.6 Å². The Labute approximate surface area is 136 Å². The van der Waals surface area contributed by atoms with E-state index < -0.39 is 0 Å². The van der Waals surface area contributed by atoms with E-state index in [-0.39, 0.29) is 0 Å². The van der Waals surface area contributed by atoms with Crippen LogP contribution >= 0.6 is 0 Å². The maximum Gasteiger partial charge on any atom is 0.122 e. The number of methoxy groups -OCH3 is 1. The molecule has 6 nitrogen and oxygen atoms in total. The van der Waals surface area contributed by atoms with Gasteiger partial charge in [0.1, 0.15) is 11.6 Å². The molecule has 0 amide bonds. The number of rotatable bonds is 7. The van der Waals surface area contributed by atoms with Gasteiger partial charge in [0, 0.05) is 26.0 Å². The lowest BCUT2D eigenvalue weighted by molar-refractivity contribution is 0.184. The van der Waals surface area contributed by atoms with Gasteiger partial charge in [-0.25, -0.2) is 9.97 Å². The predicted octanol–water partition coefficient (Wildman–Crippen LogP) is 2.35. The third kappa shape index (κ3) is 3.60. The molecule has 0 aliphatic heterocycles. The summed E-state index contributed by atoms with van der Waals surface area (Å²) in [5.41, 5.74) is 3.34. The lowest BCUT2D eigenvalue weighted by atomic mass is 10.2. The summed E-state index contributed by atoms with van der Waals surface area (Å²) in [5.74, 6) is 2.02. The number of ether oxygens (including phenoxy) is 1. The number of aromatic nitrogens is 4. The molecule has 0 bridgehead atoms. The molecular formula is C17H23N5O. The Morgan fingerprint density at radius 3 is 2.96 bits per heavy atom. The molecule has 3 rings (SSSR count). The Kier molecular flexibility index (Phi) is 4.73. The molecule has 0 spiro atoms.